The smallest absolute Gasteiger partial charge is 0.423 e. The van der Waals surface area contributed by atoms with E-state index in [1.54, 1.807) is 65.8 Å². The average Bonchev–Trinajstić information content (AvgIpc) is 2.26. The van der Waals surface area contributed by atoms with Gasteiger partial charge in [-0.15, -0.1) is 0 Å². The summed E-state index contributed by atoms with van der Waals surface area (Å²) in [6.07, 6.45) is 0. The molecule has 20 heavy (non-hydrogen) atoms. The molecule has 1 aromatic carbocycles. The molecule has 4 nitrogen and oxygen atoms in total. The second-order valence-corrected chi connectivity index (χ2v) is 6.72. The van der Waals surface area contributed by atoms with Crippen LogP contribution in [0, 0.1) is 0 Å². The third kappa shape index (κ3) is 4.06. The van der Waals surface area contributed by atoms with Crippen molar-refractivity contribution in [3.63, 3.8) is 0 Å². The molecule has 0 heterocycles. The van der Waals surface area contributed by atoms with E-state index in [0.29, 0.717) is 11.0 Å². The van der Waals surface area contributed by atoms with Crippen molar-refractivity contribution in [2.75, 3.05) is 0 Å². The molecule has 0 aromatic heterocycles. The number of aliphatic hydroxyl groups is 2. The van der Waals surface area contributed by atoms with Crippen molar-refractivity contribution < 1.29 is 19.9 Å². The van der Waals surface area contributed by atoms with Gasteiger partial charge in [-0.1, -0.05) is 24.3 Å². The fourth-order valence-electron chi connectivity index (χ4n) is 1.56. The molecule has 1 aromatic rings. The van der Waals surface area contributed by atoms with Crippen LogP contribution in [-0.2, 0) is 10.3 Å². The number of hydrogen-bond acceptors (Lipinski definition) is 4. The van der Waals surface area contributed by atoms with Crippen LogP contribution >= 0.6 is 0 Å². The third-order valence-corrected chi connectivity index (χ3v) is 3.76. The van der Waals surface area contributed by atoms with E-state index in [2.05, 4.69) is 0 Å². The highest BCUT2D eigenvalue weighted by Crippen LogP contribution is 2.25. The van der Waals surface area contributed by atoms with Crippen molar-refractivity contribution >= 4 is 12.6 Å². The Hall–Kier alpha value is -0.875. The first-order valence-electron chi connectivity index (χ1n) is 6.76. The van der Waals surface area contributed by atoms with Gasteiger partial charge in [-0.3, -0.25) is 0 Å². The first-order chi connectivity index (χ1) is 8.84. The van der Waals surface area contributed by atoms with Crippen molar-refractivity contribution in [3.05, 3.63) is 29.8 Å². The van der Waals surface area contributed by atoms with Crippen LogP contribution in [0.3, 0.4) is 0 Å². The Kier molecular flexibility index (Phi) is 4.71. The summed E-state index contributed by atoms with van der Waals surface area (Å²) >= 11 is 0. The van der Waals surface area contributed by atoms with Gasteiger partial charge in [0.15, 0.2) is 0 Å². The van der Waals surface area contributed by atoms with Crippen LogP contribution in [0.15, 0.2) is 24.3 Å². The van der Waals surface area contributed by atoms with Gasteiger partial charge in [0.05, 0.1) is 16.8 Å². The van der Waals surface area contributed by atoms with Crippen LogP contribution in [0.4, 0.5) is 0 Å². The van der Waals surface area contributed by atoms with Gasteiger partial charge in [0.2, 0.25) is 0 Å². The molecule has 0 radical (unpaired) electrons. The van der Waals surface area contributed by atoms with E-state index < -0.39 is 23.9 Å². The summed E-state index contributed by atoms with van der Waals surface area (Å²) < 4.78 is 5.58. The first-order valence-corrected chi connectivity index (χ1v) is 6.76. The summed E-state index contributed by atoms with van der Waals surface area (Å²) in [6.45, 7) is 10.1. The van der Waals surface area contributed by atoms with E-state index >= 15 is 0 Å². The van der Waals surface area contributed by atoms with Gasteiger partial charge in [0.1, 0.15) is 0 Å². The highest BCUT2D eigenvalue weighted by atomic mass is 16.5. The van der Waals surface area contributed by atoms with Gasteiger partial charge in [-0.2, -0.15) is 0 Å². The summed E-state index contributed by atoms with van der Waals surface area (Å²) in [6, 6.07) is 6.97. The highest BCUT2D eigenvalue weighted by molar-refractivity contribution is 6.60. The standard InChI is InChI=1S/C15H25BO4/c1-13(2,17)11-8-7-9-12(10-11)16(19)20-15(5,6)14(3,4)18/h7-10,17-19H,1-6H3. The lowest BCUT2D eigenvalue weighted by Gasteiger charge is -2.38. The maximum atomic E-state index is 10.2. The monoisotopic (exact) mass is 280 g/mol. The molecule has 3 N–H and O–H groups in total. The maximum Gasteiger partial charge on any atom is 0.491 e. The molecule has 5 heteroatoms. The summed E-state index contributed by atoms with van der Waals surface area (Å²) in [4.78, 5) is 0. The van der Waals surface area contributed by atoms with Crippen LogP contribution in [-0.4, -0.2) is 33.6 Å². The summed E-state index contributed by atoms with van der Waals surface area (Å²) in [5.74, 6) is 0. The molecule has 0 unspecified atom stereocenters. The zero-order valence-corrected chi connectivity index (χ0v) is 13.1. The van der Waals surface area contributed by atoms with Gasteiger partial charge in [-0.05, 0) is 52.6 Å². The average molecular weight is 280 g/mol. The molecule has 0 saturated heterocycles. The van der Waals surface area contributed by atoms with E-state index in [1.807, 2.05) is 0 Å². The second-order valence-electron chi connectivity index (χ2n) is 6.72. The van der Waals surface area contributed by atoms with Crippen LogP contribution in [0.25, 0.3) is 0 Å². The Labute approximate surface area is 121 Å². The molecule has 1 rings (SSSR count). The Morgan fingerprint density at radius 2 is 1.55 bits per heavy atom. The molecule has 112 valence electrons. The molecule has 0 atom stereocenters. The van der Waals surface area contributed by atoms with E-state index in [-0.39, 0.29) is 0 Å². The van der Waals surface area contributed by atoms with Gasteiger partial charge in [0, 0.05) is 0 Å². The lowest BCUT2D eigenvalue weighted by Crippen LogP contribution is -2.53. The molecule has 0 bridgehead atoms. The molecule has 0 aliphatic carbocycles. The molecule has 0 fully saturated rings. The van der Waals surface area contributed by atoms with Crippen LogP contribution < -0.4 is 5.46 Å². The summed E-state index contributed by atoms with van der Waals surface area (Å²) in [7, 11) is -1.17. The predicted molar refractivity (Wildman–Crippen MR) is 80.8 cm³/mol. The normalized spacial score (nSPS) is 13.4. The van der Waals surface area contributed by atoms with Gasteiger partial charge in [-0.25, -0.2) is 0 Å². The largest absolute Gasteiger partial charge is 0.491 e. The van der Waals surface area contributed by atoms with Gasteiger partial charge in [0.25, 0.3) is 0 Å². The van der Waals surface area contributed by atoms with Crippen LogP contribution in [0.2, 0.25) is 0 Å². The van der Waals surface area contributed by atoms with Crippen molar-refractivity contribution in [3.8, 4) is 0 Å². The highest BCUT2D eigenvalue weighted by Gasteiger charge is 2.39. The zero-order valence-electron chi connectivity index (χ0n) is 13.1. The molecular formula is C15H25BO4. The van der Waals surface area contributed by atoms with E-state index in [9.17, 15) is 15.2 Å². The van der Waals surface area contributed by atoms with Gasteiger partial charge >= 0.3 is 7.12 Å². The van der Waals surface area contributed by atoms with Crippen LogP contribution in [0.1, 0.15) is 47.1 Å². The Morgan fingerprint density at radius 3 is 2.00 bits per heavy atom. The minimum atomic E-state index is -1.17. The summed E-state index contributed by atoms with van der Waals surface area (Å²) in [5.41, 5.74) is -1.76. The predicted octanol–water partition coefficient (Wildman–Crippen LogP) is 1.17. The number of benzene rings is 1. The molecule has 0 aliphatic heterocycles. The number of rotatable bonds is 5. The zero-order chi connectivity index (χ0) is 15.8. The maximum absolute atomic E-state index is 10.2. The van der Waals surface area contributed by atoms with Crippen molar-refractivity contribution in [1.29, 1.82) is 0 Å². The molecular weight excluding hydrogens is 255 g/mol. The van der Waals surface area contributed by atoms with E-state index in [1.165, 1.54) is 0 Å². The minimum Gasteiger partial charge on any atom is -0.423 e. The topological polar surface area (TPSA) is 69.9 Å². The van der Waals surface area contributed by atoms with Crippen molar-refractivity contribution in [1.82, 2.24) is 0 Å². The summed E-state index contributed by atoms with van der Waals surface area (Å²) in [5, 5.41) is 30.2. The number of hydrogen-bond donors (Lipinski definition) is 3. The van der Waals surface area contributed by atoms with Crippen molar-refractivity contribution in [2.45, 2.75) is 58.3 Å². The quantitative estimate of drug-likeness (QED) is 0.708. The Morgan fingerprint density at radius 1 is 1.00 bits per heavy atom. The fourth-order valence-corrected chi connectivity index (χ4v) is 1.56. The van der Waals surface area contributed by atoms with E-state index in [0.717, 1.165) is 0 Å². The third-order valence-electron chi connectivity index (χ3n) is 3.76. The Balaban J connectivity index is 2.97. The molecule has 0 spiro atoms. The second kappa shape index (κ2) is 5.49. The first kappa shape index (κ1) is 17.2. The minimum absolute atomic E-state index is 0.543. The van der Waals surface area contributed by atoms with Crippen molar-refractivity contribution in [2.24, 2.45) is 0 Å². The fraction of sp³-hybridized carbons (Fsp3) is 0.600. The van der Waals surface area contributed by atoms with Crippen LogP contribution in [0.5, 0.6) is 0 Å². The lowest BCUT2D eigenvalue weighted by atomic mass is 9.75. The molecule has 0 saturated carbocycles. The van der Waals surface area contributed by atoms with E-state index in [4.69, 9.17) is 4.65 Å². The molecule has 0 amide bonds. The van der Waals surface area contributed by atoms with Gasteiger partial charge < -0.3 is 19.9 Å². The lowest BCUT2D eigenvalue weighted by molar-refractivity contribution is -0.0982. The SMILES string of the molecule is CC(C)(O)c1cccc(B(O)OC(C)(C)C(C)(C)O)c1. The molecule has 0 aliphatic rings. The Bertz CT molecular complexity index is 458.